The number of hydrogen-bond acceptors (Lipinski definition) is 4. The van der Waals surface area contributed by atoms with E-state index in [0.717, 1.165) is 39.0 Å². The number of carbonyl (C=O) groups excluding carboxylic acids is 1. The summed E-state index contributed by atoms with van der Waals surface area (Å²) in [6, 6.07) is 4.07. The summed E-state index contributed by atoms with van der Waals surface area (Å²) in [5.74, 6) is 0.607. The molecule has 5 heteroatoms. The van der Waals surface area contributed by atoms with Crippen molar-refractivity contribution >= 4 is 5.91 Å². The molecule has 0 spiro atoms. The lowest BCUT2D eigenvalue weighted by Crippen LogP contribution is -2.37. The molecular weight excluding hydrogens is 290 g/mol. The van der Waals surface area contributed by atoms with Gasteiger partial charge >= 0.3 is 0 Å². The Morgan fingerprint density at radius 2 is 2.04 bits per heavy atom. The Hall–Kier alpha value is -1.62. The van der Waals surface area contributed by atoms with Crippen LogP contribution in [-0.4, -0.2) is 59.0 Å². The first-order valence-corrected chi connectivity index (χ1v) is 8.67. The molecule has 1 aliphatic heterocycles. The van der Waals surface area contributed by atoms with Crippen LogP contribution in [-0.2, 0) is 0 Å². The predicted octanol–water partition coefficient (Wildman–Crippen LogP) is 2.82. The van der Waals surface area contributed by atoms with Gasteiger partial charge in [0.15, 0.2) is 0 Å². The monoisotopic (exact) mass is 319 g/mol. The van der Waals surface area contributed by atoms with Gasteiger partial charge in [0.05, 0.1) is 6.10 Å². The zero-order valence-electron chi connectivity index (χ0n) is 14.8. The fraction of sp³-hybridized carbons (Fsp3) is 0.667. The summed E-state index contributed by atoms with van der Waals surface area (Å²) in [6.07, 6.45) is 3.69. The summed E-state index contributed by atoms with van der Waals surface area (Å²) < 4.78 is 5.72. The second kappa shape index (κ2) is 8.29. The minimum atomic E-state index is 0.0759. The highest BCUT2D eigenvalue weighted by molar-refractivity contribution is 5.94. The molecule has 0 saturated carbocycles. The van der Waals surface area contributed by atoms with Crippen LogP contribution in [0.2, 0.25) is 0 Å². The van der Waals surface area contributed by atoms with Crippen LogP contribution in [0.4, 0.5) is 0 Å². The SMILES string of the molecule is CCC(C)Oc1cc(C(=O)N2CCCN(C(C)C)CC2)ccn1. The predicted molar refractivity (Wildman–Crippen MR) is 91.8 cm³/mol. The topological polar surface area (TPSA) is 45.7 Å². The molecule has 128 valence electrons. The smallest absolute Gasteiger partial charge is 0.254 e. The van der Waals surface area contributed by atoms with E-state index in [9.17, 15) is 4.79 Å². The minimum absolute atomic E-state index is 0.0759. The summed E-state index contributed by atoms with van der Waals surface area (Å²) >= 11 is 0. The number of amides is 1. The van der Waals surface area contributed by atoms with E-state index < -0.39 is 0 Å². The summed E-state index contributed by atoms with van der Waals surface area (Å²) in [6.45, 7) is 12.1. The second-order valence-corrected chi connectivity index (χ2v) is 6.49. The Morgan fingerprint density at radius 1 is 1.26 bits per heavy atom. The molecule has 1 aromatic heterocycles. The van der Waals surface area contributed by atoms with Gasteiger partial charge < -0.3 is 9.64 Å². The highest BCUT2D eigenvalue weighted by Gasteiger charge is 2.22. The molecule has 1 saturated heterocycles. The summed E-state index contributed by atoms with van der Waals surface area (Å²) in [5.41, 5.74) is 0.663. The molecule has 1 unspecified atom stereocenters. The molecule has 1 fully saturated rings. The number of carbonyl (C=O) groups is 1. The number of ether oxygens (including phenoxy) is 1. The first kappa shape index (κ1) is 17.7. The van der Waals surface area contributed by atoms with Gasteiger partial charge in [0.1, 0.15) is 0 Å². The third-order valence-corrected chi connectivity index (χ3v) is 4.43. The van der Waals surface area contributed by atoms with Crippen LogP contribution in [0.15, 0.2) is 18.3 Å². The lowest BCUT2D eigenvalue weighted by atomic mass is 10.2. The van der Waals surface area contributed by atoms with Crippen LogP contribution in [0.1, 0.15) is 50.9 Å². The van der Waals surface area contributed by atoms with E-state index in [1.54, 1.807) is 18.3 Å². The number of pyridine rings is 1. The van der Waals surface area contributed by atoms with E-state index in [1.807, 2.05) is 11.8 Å². The fourth-order valence-corrected chi connectivity index (χ4v) is 2.74. The van der Waals surface area contributed by atoms with Crippen molar-refractivity contribution in [3.63, 3.8) is 0 Å². The standard InChI is InChI=1S/C18H29N3O2/c1-5-15(4)23-17-13-16(7-8-19-17)18(22)21-10-6-9-20(11-12-21)14(2)3/h7-8,13-15H,5-6,9-12H2,1-4H3. The van der Waals surface area contributed by atoms with Crippen molar-refractivity contribution in [2.75, 3.05) is 26.2 Å². The molecule has 0 radical (unpaired) electrons. The van der Waals surface area contributed by atoms with Crippen molar-refractivity contribution in [3.8, 4) is 5.88 Å². The third-order valence-electron chi connectivity index (χ3n) is 4.43. The number of nitrogens with zero attached hydrogens (tertiary/aromatic N) is 3. The molecular formula is C18H29N3O2. The zero-order valence-corrected chi connectivity index (χ0v) is 14.8. The lowest BCUT2D eigenvalue weighted by molar-refractivity contribution is 0.0758. The maximum Gasteiger partial charge on any atom is 0.254 e. The van der Waals surface area contributed by atoms with Gasteiger partial charge in [-0.3, -0.25) is 9.69 Å². The second-order valence-electron chi connectivity index (χ2n) is 6.49. The molecule has 1 amide bonds. The van der Waals surface area contributed by atoms with Gasteiger partial charge in [0.2, 0.25) is 5.88 Å². The van der Waals surface area contributed by atoms with E-state index in [2.05, 4.69) is 30.7 Å². The van der Waals surface area contributed by atoms with E-state index in [-0.39, 0.29) is 12.0 Å². The maximum absolute atomic E-state index is 12.8. The molecule has 1 atom stereocenters. The Labute approximate surface area is 139 Å². The molecule has 0 aromatic carbocycles. The van der Waals surface area contributed by atoms with Crippen molar-refractivity contribution in [1.29, 1.82) is 0 Å². The van der Waals surface area contributed by atoms with Crippen molar-refractivity contribution in [2.24, 2.45) is 0 Å². The van der Waals surface area contributed by atoms with Crippen LogP contribution < -0.4 is 4.74 Å². The van der Waals surface area contributed by atoms with Crippen LogP contribution in [0.3, 0.4) is 0 Å². The molecule has 1 aromatic rings. The molecule has 2 heterocycles. The zero-order chi connectivity index (χ0) is 16.8. The van der Waals surface area contributed by atoms with Gasteiger partial charge in [0.25, 0.3) is 5.91 Å². The van der Waals surface area contributed by atoms with E-state index in [0.29, 0.717) is 17.5 Å². The van der Waals surface area contributed by atoms with Gasteiger partial charge in [0, 0.05) is 50.0 Å². The molecule has 0 aliphatic carbocycles. The van der Waals surface area contributed by atoms with Gasteiger partial charge in [-0.25, -0.2) is 4.98 Å². The Balaban J connectivity index is 2.03. The van der Waals surface area contributed by atoms with Crippen molar-refractivity contribution in [3.05, 3.63) is 23.9 Å². The van der Waals surface area contributed by atoms with Gasteiger partial charge in [-0.2, -0.15) is 0 Å². The Bertz CT molecular complexity index is 519. The highest BCUT2D eigenvalue weighted by Crippen LogP contribution is 2.16. The summed E-state index contributed by atoms with van der Waals surface area (Å²) in [7, 11) is 0. The largest absolute Gasteiger partial charge is 0.475 e. The van der Waals surface area contributed by atoms with Gasteiger partial charge in [-0.05, 0) is 39.7 Å². The molecule has 23 heavy (non-hydrogen) atoms. The van der Waals surface area contributed by atoms with Crippen LogP contribution in [0, 0.1) is 0 Å². The van der Waals surface area contributed by atoms with Crippen LogP contribution in [0.25, 0.3) is 0 Å². The maximum atomic E-state index is 12.8. The summed E-state index contributed by atoms with van der Waals surface area (Å²) in [4.78, 5) is 21.3. The molecule has 5 nitrogen and oxygen atoms in total. The average Bonchev–Trinajstić information content (AvgIpc) is 2.80. The third kappa shape index (κ3) is 4.93. The highest BCUT2D eigenvalue weighted by atomic mass is 16.5. The van der Waals surface area contributed by atoms with Crippen LogP contribution in [0.5, 0.6) is 5.88 Å². The van der Waals surface area contributed by atoms with Gasteiger partial charge in [-0.15, -0.1) is 0 Å². The Kier molecular flexibility index (Phi) is 6.39. The van der Waals surface area contributed by atoms with Crippen molar-refractivity contribution < 1.29 is 9.53 Å². The first-order valence-electron chi connectivity index (χ1n) is 8.67. The fourth-order valence-electron chi connectivity index (χ4n) is 2.74. The van der Waals surface area contributed by atoms with E-state index in [1.165, 1.54) is 0 Å². The lowest BCUT2D eigenvalue weighted by Gasteiger charge is -2.25. The molecule has 0 bridgehead atoms. The number of rotatable bonds is 5. The van der Waals surface area contributed by atoms with Crippen LogP contribution >= 0.6 is 0 Å². The van der Waals surface area contributed by atoms with E-state index in [4.69, 9.17) is 4.74 Å². The first-order chi connectivity index (χ1) is 11.0. The number of aromatic nitrogens is 1. The van der Waals surface area contributed by atoms with E-state index >= 15 is 0 Å². The minimum Gasteiger partial charge on any atom is -0.475 e. The number of hydrogen-bond donors (Lipinski definition) is 0. The molecule has 0 N–H and O–H groups in total. The van der Waals surface area contributed by atoms with Gasteiger partial charge in [-0.1, -0.05) is 6.92 Å². The summed E-state index contributed by atoms with van der Waals surface area (Å²) in [5, 5.41) is 0. The van der Waals surface area contributed by atoms with Crippen molar-refractivity contribution in [2.45, 2.75) is 52.7 Å². The Morgan fingerprint density at radius 3 is 2.74 bits per heavy atom. The normalized spacial score (nSPS) is 17.9. The molecule has 1 aliphatic rings. The average molecular weight is 319 g/mol. The molecule has 2 rings (SSSR count). The quantitative estimate of drug-likeness (QED) is 0.837. The van der Waals surface area contributed by atoms with Crippen molar-refractivity contribution in [1.82, 2.24) is 14.8 Å².